The summed E-state index contributed by atoms with van der Waals surface area (Å²) in [6.07, 6.45) is 4.60. The second kappa shape index (κ2) is 5.79. The quantitative estimate of drug-likeness (QED) is 0.870. The van der Waals surface area contributed by atoms with Gasteiger partial charge in [-0.2, -0.15) is 0 Å². The van der Waals surface area contributed by atoms with Gasteiger partial charge in [0.05, 0.1) is 0 Å². The number of hydrogen-bond acceptors (Lipinski definition) is 4. The van der Waals surface area contributed by atoms with E-state index >= 15 is 0 Å². The minimum Gasteiger partial charge on any atom is -0.448 e. The van der Waals surface area contributed by atoms with Gasteiger partial charge in [0.1, 0.15) is 4.88 Å². The number of hydrogen-bond donors (Lipinski definition) is 1. The Kier molecular flexibility index (Phi) is 4.02. The predicted octanol–water partition coefficient (Wildman–Crippen LogP) is 2.70. The molecular formula is C16H21NO3S. The van der Waals surface area contributed by atoms with Gasteiger partial charge in [0, 0.05) is 10.9 Å². The molecule has 1 fully saturated rings. The lowest BCUT2D eigenvalue weighted by Crippen LogP contribution is -2.36. The first-order valence-electron chi connectivity index (χ1n) is 7.66. The average Bonchev–Trinajstić information content (AvgIpc) is 3.14. The van der Waals surface area contributed by atoms with Crippen molar-refractivity contribution in [2.45, 2.75) is 58.1 Å². The molecular weight excluding hydrogens is 286 g/mol. The monoisotopic (exact) mass is 307 g/mol. The summed E-state index contributed by atoms with van der Waals surface area (Å²) in [4.78, 5) is 25.9. The van der Waals surface area contributed by atoms with E-state index in [-0.39, 0.29) is 17.9 Å². The maximum atomic E-state index is 12.2. The number of nitrogens with one attached hydrogen (secondary N) is 1. The highest BCUT2D eigenvalue weighted by Gasteiger charge is 2.28. The number of rotatable bonds is 4. The molecule has 5 heteroatoms. The van der Waals surface area contributed by atoms with Crippen LogP contribution >= 0.6 is 11.3 Å². The van der Waals surface area contributed by atoms with Crippen molar-refractivity contribution >= 4 is 23.2 Å². The van der Waals surface area contributed by atoms with E-state index in [0.717, 1.165) is 25.7 Å². The maximum absolute atomic E-state index is 12.2. The Balaban J connectivity index is 1.61. The van der Waals surface area contributed by atoms with Crippen LogP contribution in [0.2, 0.25) is 0 Å². The van der Waals surface area contributed by atoms with Crippen LogP contribution in [0.3, 0.4) is 0 Å². The summed E-state index contributed by atoms with van der Waals surface area (Å²) >= 11 is 1.52. The number of thiophene rings is 1. The van der Waals surface area contributed by atoms with Crippen LogP contribution in [0.4, 0.5) is 0 Å². The number of ether oxygens (including phenoxy) is 1. The number of amides is 1. The first kappa shape index (κ1) is 14.6. The Bertz CT molecular complexity index is 562. The van der Waals surface area contributed by atoms with Crippen LogP contribution < -0.4 is 5.32 Å². The van der Waals surface area contributed by atoms with Crippen LogP contribution in [-0.4, -0.2) is 24.0 Å². The van der Waals surface area contributed by atoms with Gasteiger partial charge in [-0.3, -0.25) is 4.79 Å². The zero-order chi connectivity index (χ0) is 15.0. The van der Waals surface area contributed by atoms with Gasteiger partial charge in [0.2, 0.25) is 0 Å². The fourth-order valence-electron chi connectivity index (χ4n) is 2.62. The van der Waals surface area contributed by atoms with Gasteiger partial charge in [-0.1, -0.05) is 6.92 Å². The fraction of sp³-hybridized carbons (Fsp3) is 0.625. The highest BCUT2D eigenvalue weighted by molar-refractivity contribution is 7.14. The van der Waals surface area contributed by atoms with Crippen molar-refractivity contribution < 1.29 is 14.3 Å². The molecule has 21 heavy (non-hydrogen) atoms. The molecule has 0 radical (unpaired) electrons. The fourth-order valence-corrected chi connectivity index (χ4v) is 3.72. The largest absolute Gasteiger partial charge is 0.448 e. The van der Waals surface area contributed by atoms with Crippen molar-refractivity contribution in [2.75, 3.05) is 0 Å². The summed E-state index contributed by atoms with van der Waals surface area (Å²) in [5, 5.41) is 2.85. The topological polar surface area (TPSA) is 55.4 Å². The SMILES string of the molecule is C[C@@H]1CCc2sc(C(=O)O[C@H](C)C(=O)NC3CC3)cc2C1. The standard InChI is InChI=1S/C16H21NO3S/c1-9-3-6-13-11(7-9)8-14(21-13)16(19)20-10(2)15(18)17-12-4-5-12/h8-10,12H,3-7H2,1-2H3,(H,17,18)/t9-,10-/m1/s1. The van der Waals surface area contributed by atoms with E-state index < -0.39 is 6.10 Å². The molecule has 2 atom stereocenters. The molecule has 0 saturated heterocycles. The van der Waals surface area contributed by atoms with Crippen LogP contribution in [0, 0.1) is 5.92 Å². The van der Waals surface area contributed by atoms with E-state index in [2.05, 4.69) is 12.2 Å². The zero-order valence-electron chi connectivity index (χ0n) is 12.5. The molecule has 0 spiro atoms. The molecule has 2 aliphatic rings. The van der Waals surface area contributed by atoms with Crippen LogP contribution in [0.5, 0.6) is 0 Å². The highest BCUT2D eigenvalue weighted by atomic mass is 32.1. The van der Waals surface area contributed by atoms with Gasteiger partial charge < -0.3 is 10.1 Å². The number of aryl methyl sites for hydroxylation is 1. The zero-order valence-corrected chi connectivity index (χ0v) is 13.3. The van der Waals surface area contributed by atoms with E-state index in [9.17, 15) is 9.59 Å². The summed E-state index contributed by atoms with van der Waals surface area (Å²) in [7, 11) is 0. The number of esters is 1. The van der Waals surface area contributed by atoms with Crippen LogP contribution in [0.1, 0.15) is 53.2 Å². The number of carbonyl (C=O) groups excluding carboxylic acids is 2. The molecule has 1 aromatic heterocycles. The summed E-state index contributed by atoms with van der Waals surface area (Å²) in [5.41, 5.74) is 1.28. The second-order valence-corrected chi connectivity index (χ2v) is 7.37. The minimum atomic E-state index is -0.726. The molecule has 0 aromatic carbocycles. The Morgan fingerprint density at radius 1 is 1.38 bits per heavy atom. The molecule has 1 amide bonds. The molecule has 0 bridgehead atoms. The van der Waals surface area contributed by atoms with Gasteiger partial charge in [-0.25, -0.2) is 4.79 Å². The van der Waals surface area contributed by atoms with Gasteiger partial charge >= 0.3 is 5.97 Å². The van der Waals surface area contributed by atoms with Gasteiger partial charge in [0.25, 0.3) is 5.91 Å². The lowest BCUT2D eigenvalue weighted by molar-refractivity contribution is -0.129. The van der Waals surface area contributed by atoms with Crippen molar-refractivity contribution in [3.63, 3.8) is 0 Å². The Hall–Kier alpha value is -1.36. The van der Waals surface area contributed by atoms with E-state index in [4.69, 9.17) is 4.74 Å². The number of carbonyl (C=O) groups is 2. The van der Waals surface area contributed by atoms with Crippen LogP contribution in [0.25, 0.3) is 0 Å². The molecule has 0 aliphatic heterocycles. The normalized spacial score (nSPS) is 22.3. The summed E-state index contributed by atoms with van der Waals surface area (Å²) in [5.74, 6) is 0.112. The molecule has 1 heterocycles. The first-order chi connectivity index (χ1) is 10.0. The molecule has 4 nitrogen and oxygen atoms in total. The van der Waals surface area contributed by atoms with E-state index in [0.29, 0.717) is 10.8 Å². The highest BCUT2D eigenvalue weighted by Crippen LogP contribution is 2.32. The Morgan fingerprint density at radius 2 is 2.14 bits per heavy atom. The molecule has 2 aliphatic carbocycles. The number of fused-ring (bicyclic) bond motifs is 1. The molecule has 3 rings (SSSR count). The Morgan fingerprint density at radius 3 is 2.86 bits per heavy atom. The van der Waals surface area contributed by atoms with Crippen molar-refractivity contribution in [1.29, 1.82) is 0 Å². The third kappa shape index (κ3) is 3.46. The van der Waals surface area contributed by atoms with Crippen molar-refractivity contribution in [3.8, 4) is 0 Å². The lowest BCUT2D eigenvalue weighted by Gasteiger charge is -2.16. The predicted molar refractivity (Wildman–Crippen MR) is 81.6 cm³/mol. The minimum absolute atomic E-state index is 0.194. The maximum Gasteiger partial charge on any atom is 0.349 e. The third-order valence-corrected chi connectivity index (χ3v) is 5.32. The van der Waals surface area contributed by atoms with Gasteiger partial charge in [-0.15, -0.1) is 11.3 Å². The molecule has 1 aromatic rings. The van der Waals surface area contributed by atoms with Crippen molar-refractivity contribution in [1.82, 2.24) is 5.32 Å². The summed E-state index contributed by atoms with van der Waals surface area (Å²) in [6.45, 7) is 3.87. The molecule has 1 saturated carbocycles. The van der Waals surface area contributed by atoms with E-state index in [1.165, 1.54) is 28.2 Å². The van der Waals surface area contributed by atoms with Crippen molar-refractivity contribution in [2.24, 2.45) is 5.92 Å². The first-order valence-corrected chi connectivity index (χ1v) is 8.47. The van der Waals surface area contributed by atoms with Crippen LogP contribution in [0.15, 0.2) is 6.07 Å². The smallest absolute Gasteiger partial charge is 0.349 e. The van der Waals surface area contributed by atoms with E-state index in [1.54, 1.807) is 6.92 Å². The Labute approximate surface area is 128 Å². The lowest BCUT2D eigenvalue weighted by atomic mass is 9.90. The molecule has 1 N–H and O–H groups in total. The van der Waals surface area contributed by atoms with Crippen molar-refractivity contribution in [3.05, 3.63) is 21.4 Å². The van der Waals surface area contributed by atoms with Gasteiger partial charge in [-0.05, 0) is 56.6 Å². The van der Waals surface area contributed by atoms with Gasteiger partial charge in [0.15, 0.2) is 6.10 Å². The molecule has 0 unspecified atom stereocenters. The second-order valence-electron chi connectivity index (χ2n) is 6.24. The summed E-state index contributed by atoms with van der Waals surface area (Å²) in [6, 6.07) is 2.23. The van der Waals surface area contributed by atoms with E-state index in [1.807, 2.05) is 6.07 Å². The average molecular weight is 307 g/mol. The third-order valence-electron chi connectivity index (χ3n) is 4.11. The van der Waals surface area contributed by atoms with Crippen LogP contribution in [-0.2, 0) is 22.4 Å². The summed E-state index contributed by atoms with van der Waals surface area (Å²) < 4.78 is 5.29. The molecule has 114 valence electrons.